The summed E-state index contributed by atoms with van der Waals surface area (Å²) in [7, 11) is 0. The Labute approximate surface area is 193 Å². The van der Waals surface area contributed by atoms with E-state index in [1.165, 1.54) is 6.08 Å². The first-order chi connectivity index (χ1) is 14.8. The van der Waals surface area contributed by atoms with Crippen molar-refractivity contribution >= 4 is 46.9 Å². The molecule has 2 aromatic rings. The van der Waals surface area contributed by atoms with E-state index < -0.39 is 0 Å². The Kier molecular flexibility index (Phi) is 7.84. The predicted octanol–water partition coefficient (Wildman–Crippen LogP) is 4.65. The third-order valence-electron chi connectivity index (χ3n) is 5.08. The van der Waals surface area contributed by atoms with E-state index in [-0.39, 0.29) is 11.8 Å². The number of anilines is 1. The Morgan fingerprint density at radius 3 is 2.61 bits per heavy atom. The van der Waals surface area contributed by atoms with Gasteiger partial charge in [0, 0.05) is 54.0 Å². The molecule has 1 aliphatic heterocycles. The number of aromatic nitrogens is 2. The van der Waals surface area contributed by atoms with E-state index in [2.05, 4.69) is 24.3 Å². The maximum Gasteiger partial charge on any atom is 0.253 e. The monoisotopic (exact) mass is 460 g/mol. The maximum atomic E-state index is 12.7. The standard InChI is InChI=1S/C23H29ClN4O2S/c1-15(2)14-28-22(24)19(17(4)26-28)6-8-21(29)25-20-7-5-18(13-16(20)3)23(30)27-9-11-31-12-10-27/h5-8,13,15H,9-12,14H2,1-4H3,(H,25,29)/b8-6+. The van der Waals surface area contributed by atoms with Crippen LogP contribution in [-0.2, 0) is 11.3 Å². The molecule has 6 nitrogen and oxygen atoms in total. The van der Waals surface area contributed by atoms with Gasteiger partial charge in [-0.25, -0.2) is 0 Å². The molecule has 1 fully saturated rings. The van der Waals surface area contributed by atoms with Crippen LogP contribution in [0.15, 0.2) is 24.3 Å². The number of carbonyl (C=O) groups excluding carboxylic acids is 2. The second-order valence-electron chi connectivity index (χ2n) is 8.12. The molecule has 1 aromatic carbocycles. The number of benzene rings is 1. The lowest BCUT2D eigenvalue weighted by Gasteiger charge is -2.26. The molecule has 0 unspecified atom stereocenters. The summed E-state index contributed by atoms with van der Waals surface area (Å²) in [5, 5.41) is 7.87. The van der Waals surface area contributed by atoms with E-state index in [9.17, 15) is 9.59 Å². The average molecular weight is 461 g/mol. The van der Waals surface area contributed by atoms with Crippen LogP contribution in [0.4, 0.5) is 5.69 Å². The molecule has 1 saturated heterocycles. The first kappa shape index (κ1) is 23.4. The van der Waals surface area contributed by atoms with Crippen molar-refractivity contribution < 1.29 is 9.59 Å². The molecule has 1 aliphatic rings. The van der Waals surface area contributed by atoms with Gasteiger partial charge in [-0.2, -0.15) is 16.9 Å². The van der Waals surface area contributed by atoms with Crippen LogP contribution in [-0.4, -0.2) is 51.1 Å². The van der Waals surface area contributed by atoms with E-state index in [0.717, 1.165) is 48.0 Å². The van der Waals surface area contributed by atoms with Gasteiger partial charge in [-0.1, -0.05) is 25.4 Å². The molecule has 1 N–H and O–H groups in total. The van der Waals surface area contributed by atoms with Gasteiger partial charge >= 0.3 is 0 Å². The van der Waals surface area contributed by atoms with Crippen molar-refractivity contribution in [2.24, 2.45) is 5.92 Å². The molecule has 0 saturated carbocycles. The second-order valence-corrected chi connectivity index (χ2v) is 9.71. The average Bonchev–Trinajstić information content (AvgIpc) is 3.00. The number of rotatable bonds is 6. The third kappa shape index (κ3) is 5.92. The van der Waals surface area contributed by atoms with Gasteiger partial charge in [-0.05, 0) is 49.6 Å². The predicted molar refractivity (Wildman–Crippen MR) is 129 cm³/mol. The minimum Gasteiger partial charge on any atom is -0.337 e. The van der Waals surface area contributed by atoms with Crippen molar-refractivity contribution in [1.82, 2.24) is 14.7 Å². The molecule has 0 aliphatic carbocycles. The molecule has 2 heterocycles. The van der Waals surface area contributed by atoms with Crippen LogP contribution < -0.4 is 5.32 Å². The number of amides is 2. The van der Waals surface area contributed by atoms with Crippen LogP contribution in [0.5, 0.6) is 0 Å². The number of nitrogens with zero attached hydrogens (tertiary/aromatic N) is 3. The summed E-state index contributed by atoms with van der Waals surface area (Å²) in [5.74, 6) is 2.16. The molecular formula is C23H29ClN4O2S. The molecule has 3 rings (SSSR count). The number of halogens is 1. The molecule has 0 spiro atoms. The largest absolute Gasteiger partial charge is 0.337 e. The lowest BCUT2D eigenvalue weighted by molar-refractivity contribution is -0.111. The zero-order valence-electron chi connectivity index (χ0n) is 18.4. The molecule has 31 heavy (non-hydrogen) atoms. The molecule has 2 amide bonds. The third-order valence-corrected chi connectivity index (χ3v) is 6.42. The van der Waals surface area contributed by atoms with Crippen LogP contribution in [0.1, 0.15) is 41.0 Å². The van der Waals surface area contributed by atoms with Crippen molar-refractivity contribution in [3.05, 3.63) is 51.8 Å². The van der Waals surface area contributed by atoms with Crippen LogP contribution in [0, 0.1) is 19.8 Å². The van der Waals surface area contributed by atoms with Gasteiger partial charge < -0.3 is 10.2 Å². The topological polar surface area (TPSA) is 67.2 Å². The van der Waals surface area contributed by atoms with Crippen LogP contribution in [0.25, 0.3) is 6.08 Å². The molecule has 0 atom stereocenters. The van der Waals surface area contributed by atoms with E-state index in [1.54, 1.807) is 22.9 Å². The fourth-order valence-electron chi connectivity index (χ4n) is 3.44. The van der Waals surface area contributed by atoms with E-state index in [0.29, 0.717) is 22.3 Å². The zero-order chi connectivity index (χ0) is 22.5. The Hall–Kier alpha value is -2.25. The summed E-state index contributed by atoms with van der Waals surface area (Å²) < 4.78 is 1.76. The van der Waals surface area contributed by atoms with Crippen LogP contribution in [0.3, 0.4) is 0 Å². The fourth-order valence-corrected chi connectivity index (χ4v) is 4.65. The number of thioether (sulfide) groups is 1. The normalized spacial score (nSPS) is 14.5. The Bertz CT molecular complexity index is 994. The summed E-state index contributed by atoms with van der Waals surface area (Å²) in [6.07, 6.45) is 3.15. The van der Waals surface area contributed by atoms with Gasteiger partial charge in [-0.15, -0.1) is 0 Å². The summed E-state index contributed by atoms with van der Waals surface area (Å²) in [6, 6.07) is 5.39. The Morgan fingerprint density at radius 1 is 1.26 bits per heavy atom. The lowest BCUT2D eigenvalue weighted by Crippen LogP contribution is -2.37. The highest BCUT2D eigenvalue weighted by Crippen LogP contribution is 2.23. The van der Waals surface area contributed by atoms with Crippen molar-refractivity contribution in [2.45, 2.75) is 34.2 Å². The van der Waals surface area contributed by atoms with Gasteiger partial charge in [0.2, 0.25) is 5.91 Å². The van der Waals surface area contributed by atoms with E-state index in [4.69, 9.17) is 11.6 Å². The fraction of sp³-hybridized carbons (Fsp3) is 0.435. The highest BCUT2D eigenvalue weighted by molar-refractivity contribution is 7.99. The number of aryl methyl sites for hydroxylation is 2. The van der Waals surface area contributed by atoms with E-state index in [1.807, 2.05) is 36.6 Å². The van der Waals surface area contributed by atoms with Gasteiger partial charge in [0.1, 0.15) is 5.15 Å². The number of carbonyl (C=O) groups is 2. The van der Waals surface area contributed by atoms with Gasteiger partial charge in [0.25, 0.3) is 5.91 Å². The maximum absolute atomic E-state index is 12.7. The first-order valence-electron chi connectivity index (χ1n) is 10.5. The smallest absolute Gasteiger partial charge is 0.253 e. The summed E-state index contributed by atoms with van der Waals surface area (Å²) >= 11 is 8.30. The molecule has 0 radical (unpaired) electrons. The van der Waals surface area contributed by atoms with Crippen molar-refractivity contribution in [3.8, 4) is 0 Å². The second kappa shape index (κ2) is 10.4. The molecule has 8 heteroatoms. The summed E-state index contributed by atoms with van der Waals surface area (Å²) in [5.41, 5.74) is 3.70. The van der Waals surface area contributed by atoms with E-state index >= 15 is 0 Å². The highest BCUT2D eigenvalue weighted by atomic mass is 35.5. The Morgan fingerprint density at radius 2 is 1.97 bits per heavy atom. The summed E-state index contributed by atoms with van der Waals surface area (Å²) in [6.45, 7) is 10.2. The van der Waals surface area contributed by atoms with Crippen molar-refractivity contribution in [1.29, 1.82) is 0 Å². The SMILES string of the molecule is Cc1cc(C(=O)N2CCSCC2)ccc1NC(=O)/C=C/c1c(C)nn(CC(C)C)c1Cl. The van der Waals surface area contributed by atoms with Gasteiger partial charge in [-0.3, -0.25) is 14.3 Å². The highest BCUT2D eigenvalue weighted by Gasteiger charge is 2.19. The summed E-state index contributed by atoms with van der Waals surface area (Å²) in [4.78, 5) is 27.0. The minimum atomic E-state index is -0.262. The first-order valence-corrected chi connectivity index (χ1v) is 12.0. The van der Waals surface area contributed by atoms with Gasteiger partial charge in [0.15, 0.2) is 0 Å². The molecule has 1 aromatic heterocycles. The molecule has 0 bridgehead atoms. The Balaban J connectivity index is 1.67. The molecular weight excluding hydrogens is 432 g/mol. The van der Waals surface area contributed by atoms with Gasteiger partial charge in [0.05, 0.1) is 5.69 Å². The number of hydrogen-bond donors (Lipinski definition) is 1. The lowest BCUT2D eigenvalue weighted by atomic mass is 10.1. The zero-order valence-corrected chi connectivity index (χ0v) is 20.0. The number of hydrogen-bond acceptors (Lipinski definition) is 4. The van der Waals surface area contributed by atoms with Crippen molar-refractivity contribution in [2.75, 3.05) is 29.9 Å². The molecule has 166 valence electrons. The van der Waals surface area contributed by atoms with Crippen LogP contribution >= 0.6 is 23.4 Å². The quantitative estimate of drug-likeness (QED) is 0.637. The minimum absolute atomic E-state index is 0.0460. The van der Waals surface area contributed by atoms with Crippen molar-refractivity contribution in [3.63, 3.8) is 0 Å². The number of nitrogens with one attached hydrogen (secondary N) is 1. The van der Waals surface area contributed by atoms with Crippen LogP contribution in [0.2, 0.25) is 5.15 Å².